The molecule has 1 unspecified atom stereocenters. The van der Waals surface area contributed by atoms with Gasteiger partial charge in [-0.3, -0.25) is 4.90 Å². The predicted octanol–water partition coefficient (Wildman–Crippen LogP) is 3.68. The molecule has 1 aromatic heterocycles. The molecule has 5 nitrogen and oxygen atoms in total. The highest BCUT2D eigenvalue weighted by Crippen LogP contribution is 2.34. The van der Waals surface area contributed by atoms with Crippen LogP contribution in [0.2, 0.25) is 0 Å². The van der Waals surface area contributed by atoms with Gasteiger partial charge in [0.15, 0.2) is 0 Å². The van der Waals surface area contributed by atoms with Crippen LogP contribution in [-0.4, -0.2) is 43.8 Å². The Labute approximate surface area is 166 Å². The third-order valence-corrected chi connectivity index (χ3v) is 6.29. The molecule has 3 rings (SSSR count). The summed E-state index contributed by atoms with van der Waals surface area (Å²) in [5.74, 6) is 0.390. The van der Waals surface area contributed by atoms with Gasteiger partial charge in [-0.1, -0.05) is 24.3 Å². The van der Waals surface area contributed by atoms with Gasteiger partial charge in [0.2, 0.25) is 10.0 Å². The summed E-state index contributed by atoms with van der Waals surface area (Å²) in [6, 6.07) is 3.69. The van der Waals surface area contributed by atoms with Crippen molar-refractivity contribution in [3.63, 3.8) is 0 Å². The molecule has 0 bridgehead atoms. The van der Waals surface area contributed by atoms with Crippen LogP contribution in [0.5, 0.6) is 0 Å². The Morgan fingerprint density at radius 1 is 1.32 bits per heavy atom. The first-order valence-corrected chi connectivity index (χ1v) is 11.6. The summed E-state index contributed by atoms with van der Waals surface area (Å²) in [7, 11) is -4.00. The van der Waals surface area contributed by atoms with Gasteiger partial charge < -0.3 is 0 Å². The smallest absolute Gasteiger partial charge is 0.298 e. The van der Waals surface area contributed by atoms with E-state index in [0.29, 0.717) is 12.5 Å². The number of aromatic nitrogens is 1. The number of piperidine rings is 1. The summed E-state index contributed by atoms with van der Waals surface area (Å²) in [6.07, 6.45) is -0.0445. The third-order valence-electron chi connectivity index (χ3n) is 4.68. The van der Waals surface area contributed by atoms with Crippen molar-refractivity contribution in [3.8, 4) is 0 Å². The average Bonchev–Trinajstić information content (AvgIpc) is 3.14. The molecule has 154 valence electrons. The first-order valence-electron chi connectivity index (χ1n) is 8.86. The second kappa shape index (κ2) is 8.48. The summed E-state index contributed by atoms with van der Waals surface area (Å²) >= 11 is 1.65. The lowest BCUT2D eigenvalue weighted by molar-refractivity contribution is -0.153. The Bertz CT molecular complexity index is 868. The molecule has 1 N–H and O–H groups in total. The maximum atomic E-state index is 13.2. The van der Waals surface area contributed by atoms with E-state index in [4.69, 9.17) is 0 Å². The molecule has 2 atom stereocenters. The highest BCUT2D eigenvalue weighted by atomic mass is 32.2. The first kappa shape index (κ1) is 21.2. The standard InChI is InChI=1S/C18H22F3N3O2S2/c1-28(25,26)23-16(18(19,20)21)14-6-4-13(5-7-14)11-24-9-2-3-15(12-24)17-22-8-10-27-17/h4-8,10,15-16,23H,2-3,9,11-12H2,1H3/t15?,16-/m0/s1. The van der Waals surface area contributed by atoms with E-state index in [-0.39, 0.29) is 5.56 Å². The van der Waals surface area contributed by atoms with Crippen molar-refractivity contribution in [2.75, 3.05) is 19.3 Å². The zero-order valence-corrected chi connectivity index (χ0v) is 16.9. The van der Waals surface area contributed by atoms with Crippen LogP contribution in [0.25, 0.3) is 0 Å². The van der Waals surface area contributed by atoms with Crippen molar-refractivity contribution in [2.24, 2.45) is 0 Å². The summed E-state index contributed by atoms with van der Waals surface area (Å²) in [4.78, 5) is 6.67. The normalized spacial score (nSPS) is 20.2. The van der Waals surface area contributed by atoms with Gasteiger partial charge in [-0.05, 0) is 30.5 Å². The lowest BCUT2D eigenvalue weighted by atomic mass is 9.98. The minimum absolute atomic E-state index is 0.124. The van der Waals surface area contributed by atoms with Gasteiger partial charge in [0, 0.05) is 30.6 Å². The zero-order valence-electron chi connectivity index (χ0n) is 15.3. The number of halogens is 3. The molecule has 28 heavy (non-hydrogen) atoms. The van der Waals surface area contributed by atoms with E-state index in [9.17, 15) is 21.6 Å². The SMILES string of the molecule is CS(=O)(=O)N[C@@H](c1ccc(CN2CCCC(c3nccs3)C2)cc1)C(F)(F)F. The number of alkyl halides is 3. The van der Waals surface area contributed by atoms with Crippen molar-refractivity contribution in [1.29, 1.82) is 0 Å². The number of hydrogen-bond donors (Lipinski definition) is 1. The Morgan fingerprint density at radius 2 is 2.04 bits per heavy atom. The van der Waals surface area contributed by atoms with Crippen molar-refractivity contribution in [3.05, 3.63) is 52.0 Å². The molecular formula is C18H22F3N3O2S2. The number of nitrogens with zero attached hydrogens (tertiary/aromatic N) is 2. The molecule has 1 aliphatic heterocycles. The Hall–Kier alpha value is -1.49. The van der Waals surface area contributed by atoms with Crippen molar-refractivity contribution < 1.29 is 21.6 Å². The van der Waals surface area contributed by atoms with Gasteiger partial charge in [0.1, 0.15) is 6.04 Å². The fraction of sp³-hybridized carbons (Fsp3) is 0.500. The largest absolute Gasteiger partial charge is 0.408 e. The van der Waals surface area contributed by atoms with Crippen LogP contribution < -0.4 is 4.72 Å². The number of benzene rings is 1. The fourth-order valence-electron chi connectivity index (χ4n) is 3.45. The zero-order chi connectivity index (χ0) is 20.4. The lowest BCUT2D eigenvalue weighted by Crippen LogP contribution is -2.37. The minimum Gasteiger partial charge on any atom is -0.298 e. The van der Waals surface area contributed by atoms with Crippen LogP contribution in [0, 0.1) is 0 Å². The molecule has 2 aromatic rings. The molecular weight excluding hydrogens is 411 g/mol. The van der Waals surface area contributed by atoms with E-state index in [1.807, 2.05) is 5.38 Å². The third kappa shape index (κ3) is 5.76. The van der Waals surface area contributed by atoms with E-state index in [1.54, 1.807) is 34.4 Å². The second-order valence-electron chi connectivity index (χ2n) is 7.05. The fourth-order valence-corrected chi connectivity index (χ4v) is 4.91. The van der Waals surface area contributed by atoms with Crippen molar-refractivity contribution in [2.45, 2.75) is 37.5 Å². The maximum absolute atomic E-state index is 13.2. The molecule has 0 saturated carbocycles. The van der Waals surface area contributed by atoms with Gasteiger partial charge in [0.05, 0.1) is 11.3 Å². The van der Waals surface area contributed by atoms with E-state index >= 15 is 0 Å². The molecule has 1 aromatic carbocycles. The average molecular weight is 434 g/mol. The predicted molar refractivity (Wildman–Crippen MR) is 103 cm³/mol. The highest BCUT2D eigenvalue weighted by molar-refractivity contribution is 7.88. The molecule has 0 aliphatic carbocycles. The topological polar surface area (TPSA) is 62.3 Å². The van der Waals surface area contributed by atoms with E-state index < -0.39 is 22.2 Å². The summed E-state index contributed by atoms with van der Waals surface area (Å²) in [5.41, 5.74) is 0.768. The first-order chi connectivity index (χ1) is 13.1. The van der Waals surface area contributed by atoms with Gasteiger partial charge in [-0.25, -0.2) is 13.4 Å². The lowest BCUT2D eigenvalue weighted by Gasteiger charge is -2.31. The Morgan fingerprint density at radius 3 is 2.61 bits per heavy atom. The van der Waals surface area contributed by atoms with Crippen LogP contribution in [0.15, 0.2) is 35.8 Å². The number of sulfonamides is 1. The molecule has 1 aliphatic rings. The Kier molecular flexibility index (Phi) is 6.43. The summed E-state index contributed by atoms with van der Waals surface area (Å²) in [5, 5.41) is 3.09. The molecule has 0 radical (unpaired) electrons. The number of thiazole rings is 1. The van der Waals surface area contributed by atoms with E-state index in [2.05, 4.69) is 9.88 Å². The molecule has 10 heteroatoms. The minimum atomic E-state index is -4.71. The van der Waals surface area contributed by atoms with Crippen LogP contribution in [0.4, 0.5) is 13.2 Å². The molecule has 0 amide bonds. The molecule has 1 saturated heterocycles. The van der Waals surface area contributed by atoms with E-state index in [1.165, 1.54) is 12.1 Å². The van der Waals surface area contributed by atoms with Crippen LogP contribution in [-0.2, 0) is 16.6 Å². The van der Waals surface area contributed by atoms with Gasteiger partial charge in [-0.2, -0.15) is 17.9 Å². The van der Waals surface area contributed by atoms with Crippen LogP contribution in [0.1, 0.15) is 40.9 Å². The molecule has 2 heterocycles. The molecule has 1 fully saturated rings. The summed E-state index contributed by atoms with van der Waals surface area (Å²) in [6.45, 7) is 2.44. The van der Waals surface area contributed by atoms with Crippen LogP contribution in [0.3, 0.4) is 0 Å². The second-order valence-corrected chi connectivity index (χ2v) is 9.76. The van der Waals surface area contributed by atoms with Crippen LogP contribution >= 0.6 is 11.3 Å². The number of nitrogens with one attached hydrogen (secondary N) is 1. The van der Waals surface area contributed by atoms with Crippen molar-refractivity contribution in [1.82, 2.24) is 14.6 Å². The summed E-state index contributed by atoms with van der Waals surface area (Å²) < 4.78 is 64.0. The van der Waals surface area contributed by atoms with E-state index in [0.717, 1.165) is 42.8 Å². The number of rotatable bonds is 6. The number of likely N-dealkylation sites (tertiary alicyclic amines) is 1. The van der Waals surface area contributed by atoms with Crippen molar-refractivity contribution >= 4 is 21.4 Å². The maximum Gasteiger partial charge on any atom is 0.408 e. The molecule has 0 spiro atoms. The highest BCUT2D eigenvalue weighted by Gasteiger charge is 2.42. The monoisotopic (exact) mass is 433 g/mol. The van der Waals surface area contributed by atoms with Gasteiger partial charge >= 0.3 is 6.18 Å². The quantitative estimate of drug-likeness (QED) is 0.755. The Balaban J connectivity index is 1.68. The van der Waals surface area contributed by atoms with Gasteiger partial charge in [0.25, 0.3) is 0 Å². The van der Waals surface area contributed by atoms with Gasteiger partial charge in [-0.15, -0.1) is 11.3 Å². The number of hydrogen-bond acceptors (Lipinski definition) is 5.